The Balaban J connectivity index is 1.00. The highest BCUT2D eigenvalue weighted by molar-refractivity contribution is 7.23. The third kappa shape index (κ3) is 6.38. The Morgan fingerprint density at radius 2 is 0.750 bits per heavy atom. The molecule has 0 fully saturated rings. The van der Waals surface area contributed by atoms with E-state index in [0.29, 0.717) is 0 Å². The summed E-state index contributed by atoms with van der Waals surface area (Å²) in [6, 6.07) is 114. The Bertz CT molecular complexity index is 4370. The first-order valence-electron chi connectivity index (χ1n) is 26.4. The largest absolute Gasteiger partial charge is 0.307 e. The van der Waals surface area contributed by atoms with Crippen LogP contribution in [0, 0.1) is 0 Å². The summed E-state index contributed by atoms with van der Waals surface area (Å²) in [5, 5.41) is 16.0. The summed E-state index contributed by atoms with van der Waals surface area (Å²) >= 11 is 0. The molecule has 0 amide bonds. The summed E-state index contributed by atoms with van der Waals surface area (Å²) in [4.78, 5) is 0. The molecule has 0 saturated heterocycles. The first kappa shape index (κ1) is 44.2. The minimum atomic E-state index is -2.85. The number of nitrogens with zero attached hydrogens (tertiary/aromatic N) is 2. The van der Waals surface area contributed by atoms with E-state index < -0.39 is 16.1 Å². The molecule has 0 aliphatic carbocycles. The lowest BCUT2D eigenvalue weighted by molar-refractivity contribution is 1.13. The number of fused-ring (bicyclic) bond motifs is 9. The lowest BCUT2D eigenvalue weighted by atomic mass is 9.98. The van der Waals surface area contributed by atoms with Gasteiger partial charge in [-0.05, 0) is 100 Å². The summed E-state index contributed by atoms with van der Waals surface area (Å²) in [7, 11) is -5.68. The molecule has 2 nitrogen and oxygen atoms in total. The van der Waals surface area contributed by atoms with E-state index in [0.717, 1.165) is 11.4 Å². The predicted molar refractivity (Wildman–Crippen MR) is 327 cm³/mol. The van der Waals surface area contributed by atoms with Gasteiger partial charge in [0.25, 0.3) is 0 Å². The van der Waals surface area contributed by atoms with Crippen molar-refractivity contribution in [3.05, 3.63) is 303 Å². The molecule has 1 aliphatic heterocycles. The van der Waals surface area contributed by atoms with Gasteiger partial charge in [0.2, 0.25) is 0 Å². The van der Waals surface area contributed by atoms with Crippen LogP contribution in [0.15, 0.2) is 303 Å². The predicted octanol–water partition coefficient (Wildman–Crippen LogP) is 12.3. The maximum atomic E-state index is 2.56. The van der Waals surface area contributed by atoms with Gasteiger partial charge >= 0.3 is 0 Å². The smallest absolute Gasteiger partial charge is 0.181 e. The van der Waals surface area contributed by atoms with Crippen LogP contribution in [0.1, 0.15) is 0 Å². The minimum absolute atomic E-state index is 1.14. The number of benzene rings is 12. The van der Waals surface area contributed by atoms with Gasteiger partial charge in [0.1, 0.15) is 0 Å². The van der Waals surface area contributed by atoms with Crippen LogP contribution in [0.5, 0.6) is 0 Å². The van der Waals surface area contributed by atoms with Crippen molar-refractivity contribution in [1.82, 2.24) is 9.13 Å². The fourth-order valence-electron chi connectivity index (χ4n) is 13.5. The number of aromatic nitrogens is 2. The second kappa shape index (κ2) is 17.7. The Labute approximate surface area is 444 Å². The lowest BCUT2D eigenvalue weighted by Crippen LogP contribution is -2.74. The molecular formula is C72H50N2Si2. The van der Waals surface area contributed by atoms with Gasteiger partial charge in [-0.2, -0.15) is 0 Å². The lowest BCUT2D eigenvalue weighted by Gasteiger charge is -2.34. The Morgan fingerprint density at radius 1 is 0.289 bits per heavy atom. The van der Waals surface area contributed by atoms with Crippen molar-refractivity contribution in [2.45, 2.75) is 0 Å². The third-order valence-electron chi connectivity index (χ3n) is 16.5. The molecule has 14 aromatic rings. The third-order valence-corrected chi connectivity index (χ3v) is 26.2. The topological polar surface area (TPSA) is 9.86 Å². The van der Waals surface area contributed by atoms with Crippen LogP contribution < -0.4 is 41.5 Å². The van der Waals surface area contributed by atoms with E-state index in [1.165, 1.54) is 107 Å². The van der Waals surface area contributed by atoms with Gasteiger partial charge in [0.05, 0.1) is 27.8 Å². The van der Waals surface area contributed by atoms with E-state index in [9.17, 15) is 0 Å². The van der Waals surface area contributed by atoms with E-state index in [-0.39, 0.29) is 0 Å². The minimum Gasteiger partial charge on any atom is -0.307 e. The molecule has 2 aromatic heterocycles. The molecule has 4 heteroatoms. The van der Waals surface area contributed by atoms with Crippen molar-refractivity contribution >= 4 is 101 Å². The van der Waals surface area contributed by atoms with Crippen LogP contribution in [0.3, 0.4) is 0 Å². The maximum absolute atomic E-state index is 2.85. The monoisotopic (exact) mass is 998 g/mol. The highest BCUT2D eigenvalue weighted by Gasteiger charge is 2.50. The molecule has 356 valence electrons. The summed E-state index contributed by atoms with van der Waals surface area (Å²) in [5.74, 6) is 0. The van der Waals surface area contributed by atoms with E-state index >= 15 is 0 Å². The highest BCUT2D eigenvalue weighted by atomic mass is 28.3. The standard InChI is InChI=1S/C72H50N2Si2/c1-6-26-53(27-7-1)75(54-28-8-2-9-29-54,55-30-10-3-11-31-55)58-36-22-25-52(50-58)73-66-43-19-17-38-61(66)64-41-24-45-68(71(64)73)74-67-44-20-16-37-60(67)62-48-47-51(49-69(62)74)59-40-23-42-65-63-39-18-21-46-70(63)76(72(59)65,56-32-12-4-13-33-56)57-34-14-5-15-35-57/h1-50H. The van der Waals surface area contributed by atoms with Crippen molar-refractivity contribution in [3.63, 3.8) is 0 Å². The molecule has 3 heterocycles. The van der Waals surface area contributed by atoms with Crippen LogP contribution in [0.2, 0.25) is 0 Å². The molecule has 0 saturated carbocycles. The molecule has 0 radical (unpaired) electrons. The SMILES string of the molecule is c1ccc([Si](c2ccccc2)(c2ccccc2)c2cccc(-n3c4ccccc4c4cccc(-n5c6ccccc6c6ccc(-c7cccc8c7[Si](c7ccccc7)(c7ccccc7)c7ccccc7-8)cc65)c43)c2)cc1. The van der Waals surface area contributed by atoms with Crippen LogP contribution >= 0.6 is 0 Å². The van der Waals surface area contributed by atoms with Crippen LogP contribution in [0.25, 0.3) is 77.2 Å². The van der Waals surface area contributed by atoms with Gasteiger partial charge in [0.15, 0.2) is 16.1 Å². The van der Waals surface area contributed by atoms with Crippen LogP contribution in [0.4, 0.5) is 0 Å². The highest BCUT2D eigenvalue weighted by Crippen LogP contribution is 2.42. The Hall–Kier alpha value is -9.33. The number of rotatable bonds is 9. The molecule has 0 bridgehead atoms. The zero-order chi connectivity index (χ0) is 50.2. The maximum Gasteiger partial charge on any atom is 0.181 e. The zero-order valence-corrected chi connectivity index (χ0v) is 43.8. The average molecular weight is 999 g/mol. The fraction of sp³-hybridized carbons (Fsp3) is 0. The second-order valence-corrected chi connectivity index (χ2v) is 27.8. The average Bonchev–Trinajstić information content (AvgIpc) is 4.25. The molecule has 0 N–H and O–H groups in total. The molecular weight excluding hydrogens is 949 g/mol. The zero-order valence-electron chi connectivity index (χ0n) is 41.8. The van der Waals surface area contributed by atoms with Crippen LogP contribution in [-0.2, 0) is 0 Å². The van der Waals surface area contributed by atoms with Crippen LogP contribution in [-0.4, -0.2) is 25.3 Å². The van der Waals surface area contributed by atoms with Gasteiger partial charge in [-0.15, -0.1) is 0 Å². The van der Waals surface area contributed by atoms with E-state index in [1.54, 1.807) is 0 Å². The van der Waals surface area contributed by atoms with Gasteiger partial charge < -0.3 is 9.13 Å². The van der Waals surface area contributed by atoms with Crippen molar-refractivity contribution in [1.29, 1.82) is 0 Å². The quantitative estimate of drug-likeness (QED) is 0.101. The molecule has 76 heavy (non-hydrogen) atoms. The van der Waals surface area contributed by atoms with E-state index in [1.807, 2.05) is 0 Å². The Morgan fingerprint density at radius 3 is 1.39 bits per heavy atom. The molecule has 0 unspecified atom stereocenters. The molecule has 15 rings (SSSR count). The summed E-state index contributed by atoms with van der Waals surface area (Å²) in [5.41, 5.74) is 12.2. The van der Waals surface area contributed by atoms with E-state index in [2.05, 4.69) is 312 Å². The van der Waals surface area contributed by atoms with E-state index in [4.69, 9.17) is 0 Å². The molecule has 0 atom stereocenters. The Kier molecular flexibility index (Phi) is 10.3. The van der Waals surface area contributed by atoms with Gasteiger partial charge in [-0.3, -0.25) is 0 Å². The van der Waals surface area contributed by atoms with Crippen molar-refractivity contribution in [2.75, 3.05) is 0 Å². The fourth-order valence-corrected chi connectivity index (χ4v) is 23.7. The second-order valence-electron chi connectivity index (χ2n) is 20.3. The number of para-hydroxylation sites is 3. The molecule has 0 spiro atoms. The normalized spacial score (nSPS) is 12.8. The van der Waals surface area contributed by atoms with Gasteiger partial charge in [-0.25, -0.2) is 0 Å². The molecule has 12 aromatic carbocycles. The van der Waals surface area contributed by atoms with Gasteiger partial charge in [0, 0.05) is 27.2 Å². The molecule has 1 aliphatic rings. The summed E-state index contributed by atoms with van der Waals surface area (Å²) < 4.78 is 5.11. The first-order chi connectivity index (χ1) is 37.7. The van der Waals surface area contributed by atoms with Crippen molar-refractivity contribution in [3.8, 4) is 33.6 Å². The number of hydrogen-bond donors (Lipinski definition) is 0. The summed E-state index contributed by atoms with van der Waals surface area (Å²) in [6.45, 7) is 0. The summed E-state index contributed by atoms with van der Waals surface area (Å²) in [6.07, 6.45) is 0. The first-order valence-corrected chi connectivity index (χ1v) is 30.4. The van der Waals surface area contributed by atoms with Gasteiger partial charge in [-0.1, -0.05) is 267 Å². The number of hydrogen-bond acceptors (Lipinski definition) is 0. The van der Waals surface area contributed by atoms with Crippen molar-refractivity contribution < 1.29 is 0 Å². The van der Waals surface area contributed by atoms with Crippen molar-refractivity contribution in [2.24, 2.45) is 0 Å².